The van der Waals surface area contributed by atoms with Crippen LogP contribution in [-0.2, 0) is 0 Å². The summed E-state index contributed by atoms with van der Waals surface area (Å²) in [6.45, 7) is 0. The first-order chi connectivity index (χ1) is 14.0. The van der Waals surface area contributed by atoms with E-state index >= 15 is 0 Å². The fraction of sp³-hybridized carbons (Fsp3) is 0. The predicted molar refractivity (Wildman–Crippen MR) is 114 cm³/mol. The van der Waals surface area contributed by atoms with Gasteiger partial charge in [-0.25, -0.2) is 4.79 Å². The van der Waals surface area contributed by atoms with Gasteiger partial charge in [0.25, 0.3) is 0 Å². The molecule has 0 aliphatic rings. The summed E-state index contributed by atoms with van der Waals surface area (Å²) >= 11 is 5.92. The van der Waals surface area contributed by atoms with E-state index < -0.39 is 5.97 Å². The molecule has 0 fully saturated rings. The van der Waals surface area contributed by atoms with Crippen LogP contribution in [0.2, 0.25) is 5.02 Å². The molecule has 0 amide bonds. The van der Waals surface area contributed by atoms with Crippen molar-refractivity contribution in [2.75, 3.05) is 0 Å². The summed E-state index contributed by atoms with van der Waals surface area (Å²) < 4.78 is 5.82. The molecule has 1 aromatic heterocycles. The van der Waals surface area contributed by atoms with Crippen molar-refractivity contribution in [2.24, 2.45) is 0 Å². The van der Waals surface area contributed by atoms with Crippen molar-refractivity contribution in [3.05, 3.63) is 94.7 Å². The van der Waals surface area contributed by atoms with Crippen molar-refractivity contribution >= 4 is 40.0 Å². The van der Waals surface area contributed by atoms with Gasteiger partial charge < -0.3 is 9.52 Å². The summed E-state index contributed by atoms with van der Waals surface area (Å²) in [5.74, 6) is -0.116. The molecular formula is C24H14ClNO3. The van der Waals surface area contributed by atoms with Crippen molar-refractivity contribution in [2.45, 2.75) is 0 Å². The molecule has 0 aliphatic carbocycles. The van der Waals surface area contributed by atoms with Crippen LogP contribution in [0.4, 0.5) is 0 Å². The number of allylic oxidation sites excluding steroid dienone is 1. The third-order valence-electron chi connectivity index (χ3n) is 4.58. The Morgan fingerprint density at radius 3 is 2.55 bits per heavy atom. The normalized spacial score (nSPS) is 11.4. The molecule has 0 atom stereocenters. The van der Waals surface area contributed by atoms with Gasteiger partial charge in [0, 0.05) is 5.56 Å². The Hall–Kier alpha value is -3.81. The molecule has 4 aromatic rings. The number of hydrogen-bond donors (Lipinski definition) is 1. The van der Waals surface area contributed by atoms with E-state index in [1.54, 1.807) is 24.3 Å². The number of nitriles is 1. The number of aromatic carboxylic acids is 1. The van der Waals surface area contributed by atoms with Crippen LogP contribution in [0.1, 0.15) is 21.7 Å². The first-order valence-electron chi connectivity index (χ1n) is 8.79. The number of halogens is 1. The van der Waals surface area contributed by atoms with Crippen molar-refractivity contribution in [3.63, 3.8) is 0 Å². The van der Waals surface area contributed by atoms with Gasteiger partial charge in [-0.05, 0) is 58.8 Å². The number of rotatable bonds is 4. The minimum atomic E-state index is -1.11. The topological polar surface area (TPSA) is 74.2 Å². The number of nitrogens with zero attached hydrogens (tertiary/aromatic N) is 1. The molecule has 4 nitrogen and oxygen atoms in total. The van der Waals surface area contributed by atoms with Crippen molar-refractivity contribution < 1.29 is 14.3 Å². The van der Waals surface area contributed by atoms with Crippen LogP contribution in [-0.4, -0.2) is 11.1 Å². The highest BCUT2D eigenvalue weighted by molar-refractivity contribution is 6.33. The molecular weight excluding hydrogens is 386 g/mol. The van der Waals surface area contributed by atoms with Crippen LogP contribution >= 0.6 is 11.6 Å². The Morgan fingerprint density at radius 1 is 1.00 bits per heavy atom. The van der Waals surface area contributed by atoms with Gasteiger partial charge in [0.1, 0.15) is 11.5 Å². The maximum Gasteiger partial charge on any atom is 0.337 e. The average Bonchev–Trinajstić information content (AvgIpc) is 3.20. The van der Waals surface area contributed by atoms with Gasteiger partial charge in [-0.15, -0.1) is 0 Å². The van der Waals surface area contributed by atoms with Gasteiger partial charge in [-0.3, -0.25) is 0 Å². The molecule has 0 spiro atoms. The minimum absolute atomic E-state index is 0.00605. The van der Waals surface area contributed by atoms with Gasteiger partial charge in [0.15, 0.2) is 0 Å². The number of carbonyl (C=O) groups is 1. The Kier molecular flexibility index (Phi) is 4.90. The standard InChI is InChI=1S/C24H14ClNO3/c25-22-9-7-18(13-21(22)24(27)28)23-10-8-20(29-23)12-19(14-26)17-6-5-15-3-1-2-4-16(15)11-17/h1-13H,(H,27,28). The van der Waals surface area contributed by atoms with E-state index in [4.69, 9.17) is 16.0 Å². The summed E-state index contributed by atoms with van der Waals surface area (Å²) in [6.07, 6.45) is 1.67. The summed E-state index contributed by atoms with van der Waals surface area (Å²) in [6, 6.07) is 24.2. The Labute approximate surface area is 171 Å². The van der Waals surface area contributed by atoms with Crippen LogP contribution in [0.15, 0.2) is 77.2 Å². The maximum atomic E-state index is 11.3. The van der Waals surface area contributed by atoms with Gasteiger partial charge >= 0.3 is 5.97 Å². The molecule has 4 rings (SSSR count). The van der Waals surface area contributed by atoms with Gasteiger partial charge in [-0.2, -0.15) is 5.26 Å². The number of carboxylic acids is 1. The molecule has 0 unspecified atom stereocenters. The molecule has 29 heavy (non-hydrogen) atoms. The molecule has 0 radical (unpaired) electrons. The van der Waals surface area contributed by atoms with E-state index in [9.17, 15) is 15.2 Å². The smallest absolute Gasteiger partial charge is 0.337 e. The quantitative estimate of drug-likeness (QED) is 0.396. The van der Waals surface area contributed by atoms with Crippen LogP contribution in [0, 0.1) is 11.3 Å². The zero-order valence-electron chi connectivity index (χ0n) is 15.1. The van der Waals surface area contributed by atoms with Crippen LogP contribution in [0.3, 0.4) is 0 Å². The molecule has 1 heterocycles. The Bertz CT molecular complexity index is 1310. The predicted octanol–water partition coefficient (Wildman–Crippen LogP) is 6.52. The molecule has 1 N–H and O–H groups in total. The number of benzene rings is 3. The van der Waals surface area contributed by atoms with E-state index in [-0.39, 0.29) is 10.6 Å². The number of hydrogen-bond acceptors (Lipinski definition) is 3. The number of furan rings is 1. The molecule has 0 saturated carbocycles. The van der Waals surface area contributed by atoms with E-state index in [2.05, 4.69) is 6.07 Å². The van der Waals surface area contributed by atoms with Gasteiger partial charge in [0.05, 0.1) is 22.2 Å². The second-order valence-corrected chi connectivity index (χ2v) is 6.84. The van der Waals surface area contributed by atoms with Crippen molar-refractivity contribution in [1.82, 2.24) is 0 Å². The highest BCUT2D eigenvalue weighted by Crippen LogP contribution is 2.29. The highest BCUT2D eigenvalue weighted by atomic mass is 35.5. The summed E-state index contributed by atoms with van der Waals surface area (Å²) in [7, 11) is 0. The van der Waals surface area contributed by atoms with E-state index in [0.717, 1.165) is 16.3 Å². The zero-order chi connectivity index (χ0) is 20.4. The van der Waals surface area contributed by atoms with Gasteiger partial charge in [0.2, 0.25) is 0 Å². The fourth-order valence-corrected chi connectivity index (χ4v) is 3.31. The third kappa shape index (κ3) is 3.77. The molecule has 0 aliphatic heterocycles. The zero-order valence-corrected chi connectivity index (χ0v) is 15.9. The molecule has 0 bridgehead atoms. The fourth-order valence-electron chi connectivity index (χ4n) is 3.11. The average molecular weight is 400 g/mol. The molecule has 140 valence electrons. The monoisotopic (exact) mass is 399 g/mol. The Balaban J connectivity index is 1.69. The summed E-state index contributed by atoms with van der Waals surface area (Å²) in [4.78, 5) is 11.3. The summed E-state index contributed by atoms with van der Waals surface area (Å²) in [5.41, 5.74) is 1.87. The van der Waals surface area contributed by atoms with Gasteiger partial charge in [-0.1, -0.05) is 48.0 Å². The lowest BCUT2D eigenvalue weighted by Crippen LogP contribution is -1.97. The van der Waals surface area contributed by atoms with E-state index in [0.29, 0.717) is 22.7 Å². The lowest BCUT2D eigenvalue weighted by atomic mass is 10.0. The van der Waals surface area contributed by atoms with Crippen molar-refractivity contribution in [3.8, 4) is 17.4 Å². The number of carboxylic acid groups (broad SMARTS) is 1. The Morgan fingerprint density at radius 2 is 1.79 bits per heavy atom. The third-order valence-corrected chi connectivity index (χ3v) is 4.91. The maximum absolute atomic E-state index is 11.3. The SMILES string of the molecule is N#CC(=Cc1ccc(-c2ccc(Cl)c(C(=O)O)c2)o1)c1ccc2ccccc2c1. The number of fused-ring (bicyclic) bond motifs is 1. The van der Waals surface area contributed by atoms with Crippen LogP contribution in [0.25, 0.3) is 33.7 Å². The minimum Gasteiger partial charge on any atom is -0.478 e. The molecule has 3 aromatic carbocycles. The second-order valence-electron chi connectivity index (χ2n) is 6.43. The lowest BCUT2D eigenvalue weighted by Gasteiger charge is -2.03. The van der Waals surface area contributed by atoms with E-state index in [1.165, 1.54) is 12.1 Å². The van der Waals surface area contributed by atoms with Crippen LogP contribution < -0.4 is 0 Å². The first kappa shape index (κ1) is 18.5. The summed E-state index contributed by atoms with van der Waals surface area (Å²) in [5, 5.41) is 21.2. The van der Waals surface area contributed by atoms with E-state index in [1.807, 2.05) is 42.5 Å². The molecule has 0 saturated heterocycles. The largest absolute Gasteiger partial charge is 0.478 e. The first-order valence-corrected chi connectivity index (χ1v) is 9.17. The lowest BCUT2D eigenvalue weighted by molar-refractivity contribution is 0.0697. The van der Waals surface area contributed by atoms with Crippen LogP contribution in [0.5, 0.6) is 0 Å². The highest BCUT2D eigenvalue weighted by Gasteiger charge is 2.12. The second kappa shape index (κ2) is 7.67. The van der Waals surface area contributed by atoms with Crippen molar-refractivity contribution in [1.29, 1.82) is 5.26 Å². The molecule has 5 heteroatoms.